The monoisotopic (exact) mass is 503 g/mol. The van der Waals surface area contributed by atoms with Gasteiger partial charge >= 0.3 is 0 Å². The molecule has 6 nitrogen and oxygen atoms in total. The summed E-state index contributed by atoms with van der Waals surface area (Å²) < 4.78 is 14.4. The smallest absolute Gasteiger partial charge is 0.260 e. The number of aromatic nitrogens is 2. The maximum Gasteiger partial charge on any atom is 0.260 e. The Morgan fingerprint density at radius 1 is 1.00 bits per heavy atom. The first kappa shape index (κ1) is 21.1. The minimum atomic E-state index is -0.321. The number of hydrogen-bond donors (Lipinski definition) is 1. The quantitative estimate of drug-likeness (QED) is 0.367. The first-order valence-electron chi connectivity index (χ1n) is 10.3. The Labute approximate surface area is 198 Å². The topological polar surface area (TPSA) is 61.4 Å². The van der Waals surface area contributed by atoms with Gasteiger partial charge < -0.3 is 10.2 Å². The van der Waals surface area contributed by atoms with Gasteiger partial charge in [-0.15, -0.1) is 0 Å². The van der Waals surface area contributed by atoms with E-state index in [1.807, 2.05) is 54.4 Å². The second kappa shape index (κ2) is 8.63. The van der Waals surface area contributed by atoms with Gasteiger partial charge in [0.2, 0.25) is 5.95 Å². The van der Waals surface area contributed by atoms with E-state index in [9.17, 15) is 9.18 Å². The fourth-order valence-electron chi connectivity index (χ4n) is 3.80. The molecule has 0 bridgehead atoms. The van der Waals surface area contributed by atoms with Crippen molar-refractivity contribution >= 4 is 50.7 Å². The normalized spacial score (nSPS) is 12.8. The Kier molecular flexibility index (Phi) is 5.51. The molecule has 1 amide bonds. The first-order chi connectivity index (χ1) is 16.0. The lowest BCUT2D eigenvalue weighted by atomic mass is 10.1. The number of halogens is 2. The van der Waals surface area contributed by atoms with Crippen molar-refractivity contribution in [3.05, 3.63) is 100 Å². The summed E-state index contributed by atoms with van der Waals surface area (Å²) >= 11 is 3.47. The van der Waals surface area contributed by atoms with Crippen LogP contribution in [0.15, 0.2) is 83.5 Å². The number of carbonyl (C=O) groups is 1. The van der Waals surface area contributed by atoms with Gasteiger partial charge in [-0.25, -0.2) is 9.37 Å². The molecule has 5 rings (SSSR count). The van der Waals surface area contributed by atoms with Crippen LogP contribution >= 0.6 is 15.9 Å². The Hall–Kier alpha value is -3.78. The summed E-state index contributed by atoms with van der Waals surface area (Å²) in [6.07, 6.45) is 1.65. The van der Waals surface area contributed by atoms with Crippen LogP contribution in [0.3, 0.4) is 0 Å². The Morgan fingerprint density at radius 2 is 1.79 bits per heavy atom. The standard InChI is InChI=1S/C25H19BrFN5O/c1-31-21-8-3-2-7-20(21)24(33)32(15-16-9-11-18(27)12-10-16)22-14-28-25(30-23(22)31)29-19-6-4-5-17(26)13-19/h2-14H,15H2,1H3,(H,28,29,30). The molecule has 164 valence electrons. The lowest BCUT2D eigenvalue weighted by Crippen LogP contribution is -2.30. The second-order valence-electron chi connectivity index (χ2n) is 7.63. The number of fused-ring (bicyclic) bond motifs is 2. The van der Waals surface area contributed by atoms with Crippen LogP contribution in [0.5, 0.6) is 0 Å². The van der Waals surface area contributed by atoms with E-state index in [1.165, 1.54) is 12.1 Å². The predicted molar refractivity (Wildman–Crippen MR) is 131 cm³/mol. The third-order valence-corrected chi connectivity index (χ3v) is 5.93. The third kappa shape index (κ3) is 4.17. The Bertz CT molecular complexity index is 1340. The van der Waals surface area contributed by atoms with Gasteiger partial charge in [0.15, 0.2) is 5.82 Å². The molecule has 2 heterocycles. The molecule has 0 unspecified atom stereocenters. The van der Waals surface area contributed by atoms with Crippen LogP contribution in [0, 0.1) is 5.82 Å². The SMILES string of the molecule is CN1c2ccccc2C(=O)N(Cc2ccc(F)cc2)c2cnc(Nc3cccc(Br)c3)nc21. The van der Waals surface area contributed by atoms with E-state index in [4.69, 9.17) is 4.98 Å². The average molecular weight is 504 g/mol. The van der Waals surface area contributed by atoms with Gasteiger partial charge in [0.1, 0.15) is 11.5 Å². The summed E-state index contributed by atoms with van der Waals surface area (Å²) in [5.74, 6) is 0.505. The van der Waals surface area contributed by atoms with E-state index in [2.05, 4.69) is 26.2 Å². The summed E-state index contributed by atoms with van der Waals surface area (Å²) in [4.78, 5) is 26.3. The maximum atomic E-state index is 13.6. The molecular formula is C25H19BrFN5O. The largest absolute Gasteiger partial charge is 0.327 e. The van der Waals surface area contributed by atoms with Crippen molar-refractivity contribution in [3.8, 4) is 0 Å². The fourth-order valence-corrected chi connectivity index (χ4v) is 4.20. The van der Waals surface area contributed by atoms with Crippen molar-refractivity contribution in [2.45, 2.75) is 6.54 Å². The number of nitrogens with zero attached hydrogens (tertiary/aromatic N) is 4. The van der Waals surface area contributed by atoms with E-state index in [1.54, 1.807) is 29.3 Å². The summed E-state index contributed by atoms with van der Waals surface area (Å²) in [5, 5.41) is 3.22. The molecule has 1 aliphatic heterocycles. The number of rotatable bonds is 4. The molecule has 0 saturated heterocycles. The fraction of sp³-hybridized carbons (Fsp3) is 0.0800. The van der Waals surface area contributed by atoms with Gasteiger partial charge in [0.05, 0.1) is 24.0 Å². The second-order valence-corrected chi connectivity index (χ2v) is 8.55. The highest BCUT2D eigenvalue weighted by Crippen LogP contribution is 2.39. The number of hydrogen-bond acceptors (Lipinski definition) is 5. The van der Waals surface area contributed by atoms with E-state index >= 15 is 0 Å². The van der Waals surface area contributed by atoms with Crippen molar-refractivity contribution in [3.63, 3.8) is 0 Å². The van der Waals surface area contributed by atoms with Crippen molar-refractivity contribution in [2.24, 2.45) is 0 Å². The molecule has 8 heteroatoms. The van der Waals surface area contributed by atoms with Gasteiger partial charge in [-0.2, -0.15) is 4.98 Å². The van der Waals surface area contributed by atoms with E-state index in [-0.39, 0.29) is 18.3 Å². The van der Waals surface area contributed by atoms with Crippen molar-refractivity contribution in [1.82, 2.24) is 9.97 Å². The van der Waals surface area contributed by atoms with Crippen LogP contribution in [0.2, 0.25) is 0 Å². The number of nitrogens with one attached hydrogen (secondary N) is 1. The van der Waals surface area contributed by atoms with E-state index in [0.29, 0.717) is 23.0 Å². The van der Waals surface area contributed by atoms with Gasteiger partial charge in [0.25, 0.3) is 5.91 Å². The predicted octanol–water partition coefficient (Wildman–Crippen LogP) is 6.05. The van der Waals surface area contributed by atoms with Gasteiger partial charge in [0, 0.05) is 17.2 Å². The molecule has 0 aliphatic carbocycles. The number of carbonyl (C=O) groups excluding carboxylic acids is 1. The maximum absolute atomic E-state index is 13.6. The molecule has 1 aromatic heterocycles. The van der Waals surface area contributed by atoms with Crippen molar-refractivity contribution in [2.75, 3.05) is 22.2 Å². The zero-order valence-corrected chi connectivity index (χ0v) is 19.3. The van der Waals surface area contributed by atoms with Crippen LogP contribution in [0.25, 0.3) is 0 Å². The highest BCUT2D eigenvalue weighted by molar-refractivity contribution is 9.10. The number of para-hydroxylation sites is 1. The molecular weight excluding hydrogens is 485 g/mol. The van der Waals surface area contributed by atoms with Gasteiger partial charge in [-0.05, 0) is 48.0 Å². The lowest BCUT2D eigenvalue weighted by molar-refractivity contribution is 0.0986. The summed E-state index contributed by atoms with van der Waals surface area (Å²) in [7, 11) is 1.88. The van der Waals surface area contributed by atoms with Crippen LogP contribution in [0.4, 0.5) is 33.2 Å². The minimum absolute atomic E-state index is 0.170. The molecule has 3 aromatic carbocycles. The average Bonchev–Trinajstić information content (AvgIpc) is 2.90. The third-order valence-electron chi connectivity index (χ3n) is 5.43. The van der Waals surface area contributed by atoms with Gasteiger partial charge in [-0.1, -0.05) is 46.3 Å². The molecule has 4 aromatic rings. The van der Waals surface area contributed by atoms with E-state index < -0.39 is 0 Å². The zero-order valence-electron chi connectivity index (χ0n) is 17.7. The molecule has 0 fully saturated rings. The molecule has 1 N–H and O–H groups in total. The molecule has 0 radical (unpaired) electrons. The van der Waals surface area contributed by atoms with Gasteiger partial charge in [-0.3, -0.25) is 9.69 Å². The number of benzene rings is 3. The highest BCUT2D eigenvalue weighted by Gasteiger charge is 2.31. The van der Waals surface area contributed by atoms with Crippen molar-refractivity contribution in [1.29, 1.82) is 0 Å². The number of anilines is 5. The summed E-state index contributed by atoms with van der Waals surface area (Å²) in [6.45, 7) is 0.260. The van der Waals surface area contributed by atoms with Crippen LogP contribution in [0.1, 0.15) is 15.9 Å². The molecule has 0 atom stereocenters. The van der Waals surface area contributed by atoms with Crippen LogP contribution < -0.4 is 15.1 Å². The van der Waals surface area contributed by atoms with Crippen molar-refractivity contribution < 1.29 is 9.18 Å². The zero-order chi connectivity index (χ0) is 22.9. The van der Waals surface area contributed by atoms with Crippen LogP contribution in [-0.2, 0) is 6.54 Å². The molecule has 1 aliphatic rings. The first-order valence-corrected chi connectivity index (χ1v) is 11.1. The minimum Gasteiger partial charge on any atom is -0.327 e. The van der Waals surface area contributed by atoms with Crippen LogP contribution in [-0.4, -0.2) is 22.9 Å². The highest BCUT2D eigenvalue weighted by atomic mass is 79.9. The Balaban J connectivity index is 1.60. The Morgan fingerprint density at radius 3 is 2.58 bits per heavy atom. The molecule has 33 heavy (non-hydrogen) atoms. The lowest BCUT2D eigenvalue weighted by Gasteiger charge is -2.24. The number of amides is 1. The summed E-state index contributed by atoms with van der Waals surface area (Å²) in [6, 6.07) is 21.2. The molecule has 0 saturated carbocycles. The van der Waals surface area contributed by atoms with E-state index in [0.717, 1.165) is 21.4 Å². The molecule has 0 spiro atoms. The summed E-state index contributed by atoms with van der Waals surface area (Å²) in [5.41, 5.74) is 3.51.